The molecule has 3 rings (SSSR count). The number of guanidine groups is 1. The van der Waals surface area contributed by atoms with Crippen LogP contribution in [0.5, 0.6) is 11.5 Å². The third-order valence-electron chi connectivity index (χ3n) is 4.03. The molecule has 3 aromatic rings. The summed E-state index contributed by atoms with van der Waals surface area (Å²) in [4.78, 5) is 4.28. The molecular weight excluding hydrogens is 338 g/mol. The fraction of sp³-hybridized carbons (Fsp3) is 0.238. The van der Waals surface area contributed by atoms with Crippen LogP contribution < -0.4 is 15.4 Å². The monoisotopic (exact) mass is 363 g/mol. The Hall–Kier alpha value is -3.28. The molecule has 0 saturated heterocycles. The minimum absolute atomic E-state index is 0.627. The quantitative estimate of drug-likeness (QED) is 0.366. The summed E-state index contributed by atoms with van der Waals surface area (Å²) in [6.45, 7) is 2.33. The molecule has 27 heavy (non-hydrogen) atoms. The number of hydrogen-bond acceptors (Lipinski definition) is 3. The van der Waals surface area contributed by atoms with Crippen LogP contribution in [0, 0.1) is 0 Å². The number of benzene rings is 2. The van der Waals surface area contributed by atoms with Gasteiger partial charge in [-0.2, -0.15) is 5.10 Å². The lowest BCUT2D eigenvalue weighted by Gasteiger charge is -2.14. The third kappa shape index (κ3) is 5.88. The van der Waals surface area contributed by atoms with Gasteiger partial charge in [0.05, 0.1) is 0 Å². The van der Waals surface area contributed by atoms with E-state index in [1.165, 1.54) is 0 Å². The minimum atomic E-state index is 0.627. The second kappa shape index (κ2) is 10.0. The Kier molecular flexibility index (Phi) is 6.86. The molecule has 0 aliphatic heterocycles. The Morgan fingerprint density at radius 1 is 1.04 bits per heavy atom. The molecule has 0 fully saturated rings. The van der Waals surface area contributed by atoms with E-state index in [9.17, 15) is 0 Å². The molecule has 2 N–H and O–H groups in total. The van der Waals surface area contributed by atoms with Crippen LogP contribution in [-0.2, 0) is 13.1 Å². The lowest BCUT2D eigenvalue weighted by atomic mass is 10.2. The molecule has 6 nitrogen and oxygen atoms in total. The smallest absolute Gasteiger partial charge is 0.191 e. The molecule has 0 spiro atoms. The van der Waals surface area contributed by atoms with Gasteiger partial charge in [0.15, 0.2) is 5.96 Å². The van der Waals surface area contributed by atoms with Gasteiger partial charge in [-0.05, 0) is 30.7 Å². The van der Waals surface area contributed by atoms with Crippen molar-refractivity contribution < 1.29 is 4.74 Å². The largest absolute Gasteiger partial charge is 0.457 e. The molecule has 0 unspecified atom stereocenters. The van der Waals surface area contributed by atoms with Gasteiger partial charge in [-0.3, -0.25) is 9.67 Å². The molecule has 0 atom stereocenters. The topological polar surface area (TPSA) is 63.5 Å². The number of para-hydroxylation sites is 2. The zero-order valence-corrected chi connectivity index (χ0v) is 15.5. The van der Waals surface area contributed by atoms with Crippen LogP contribution >= 0.6 is 0 Å². The highest BCUT2D eigenvalue weighted by atomic mass is 16.5. The van der Waals surface area contributed by atoms with Crippen LogP contribution in [0.15, 0.2) is 78.0 Å². The molecule has 6 heteroatoms. The second-order valence-electron chi connectivity index (χ2n) is 6.00. The van der Waals surface area contributed by atoms with Crippen LogP contribution in [-0.4, -0.2) is 29.3 Å². The van der Waals surface area contributed by atoms with Crippen molar-refractivity contribution in [1.29, 1.82) is 0 Å². The van der Waals surface area contributed by atoms with E-state index in [0.29, 0.717) is 6.54 Å². The second-order valence-corrected chi connectivity index (χ2v) is 6.00. The average molecular weight is 363 g/mol. The molecule has 0 aliphatic carbocycles. The summed E-state index contributed by atoms with van der Waals surface area (Å²) in [6.07, 6.45) is 4.73. The first kappa shape index (κ1) is 18.5. The van der Waals surface area contributed by atoms with Gasteiger partial charge in [-0.25, -0.2) is 0 Å². The Bertz CT molecular complexity index is 831. The first-order chi connectivity index (χ1) is 13.3. The van der Waals surface area contributed by atoms with Gasteiger partial charge in [-0.15, -0.1) is 0 Å². The summed E-state index contributed by atoms with van der Waals surface area (Å²) < 4.78 is 7.93. The summed E-state index contributed by atoms with van der Waals surface area (Å²) in [5.41, 5.74) is 1.07. The van der Waals surface area contributed by atoms with Crippen molar-refractivity contribution >= 4 is 5.96 Å². The zero-order chi connectivity index (χ0) is 18.7. The van der Waals surface area contributed by atoms with Crippen LogP contribution in [0.25, 0.3) is 0 Å². The highest BCUT2D eigenvalue weighted by molar-refractivity contribution is 5.79. The maximum absolute atomic E-state index is 6.01. The van der Waals surface area contributed by atoms with Gasteiger partial charge < -0.3 is 15.4 Å². The lowest BCUT2D eigenvalue weighted by molar-refractivity contribution is 0.475. The summed E-state index contributed by atoms with van der Waals surface area (Å²) in [6, 6.07) is 19.7. The van der Waals surface area contributed by atoms with E-state index in [0.717, 1.165) is 42.5 Å². The predicted molar refractivity (Wildman–Crippen MR) is 108 cm³/mol. The summed E-state index contributed by atoms with van der Waals surface area (Å²) >= 11 is 0. The minimum Gasteiger partial charge on any atom is -0.457 e. The van der Waals surface area contributed by atoms with Gasteiger partial charge in [0, 0.05) is 44.6 Å². The molecular formula is C21H25N5O. The fourth-order valence-electron chi connectivity index (χ4n) is 2.65. The maximum atomic E-state index is 6.01. The van der Waals surface area contributed by atoms with E-state index in [4.69, 9.17) is 4.74 Å². The molecule has 2 aromatic carbocycles. The van der Waals surface area contributed by atoms with Gasteiger partial charge in [0.1, 0.15) is 11.5 Å². The number of nitrogens with zero attached hydrogens (tertiary/aromatic N) is 3. The maximum Gasteiger partial charge on any atom is 0.191 e. The number of hydrogen-bond donors (Lipinski definition) is 2. The molecule has 0 radical (unpaired) electrons. The van der Waals surface area contributed by atoms with Crippen molar-refractivity contribution in [3.8, 4) is 11.5 Å². The number of aryl methyl sites for hydroxylation is 1. The third-order valence-corrected chi connectivity index (χ3v) is 4.03. The molecule has 0 saturated carbocycles. The highest BCUT2D eigenvalue weighted by Gasteiger charge is 2.05. The number of nitrogens with one attached hydrogen (secondary N) is 2. The van der Waals surface area contributed by atoms with E-state index in [1.54, 1.807) is 13.2 Å². The van der Waals surface area contributed by atoms with Crippen molar-refractivity contribution in [2.45, 2.75) is 19.5 Å². The zero-order valence-electron chi connectivity index (χ0n) is 15.5. The average Bonchev–Trinajstić information content (AvgIpc) is 3.23. The predicted octanol–water partition coefficient (Wildman–Crippen LogP) is 3.43. The Balaban J connectivity index is 1.49. The van der Waals surface area contributed by atoms with Crippen molar-refractivity contribution in [3.63, 3.8) is 0 Å². The SMILES string of the molecule is CN=C(NCCCn1cccn1)NCc1ccccc1Oc1ccccc1. The first-order valence-corrected chi connectivity index (χ1v) is 9.08. The Morgan fingerprint density at radius 2 is 1.85 bits per heavy atom. The first-order valence-electron chi connectivity index (χ1n) is 9.08. The Morgan fingerprint density at radius 3 is 2.63 bits per heavy atom. The van der Waals surface area contributed by atoms with Gasteiger partial charge >= 0.3 is 0 Å². The van der Waals surface area contributed by atoms with Crippen molar-refractivity contribution in [2.75, 3.05) is 13.6 Å². The molecule has 1 aromatic heterocycles. The summed E-state index contributed by atoms with van der Waals surface area (Å²) in [5, 5.41) is 10.9. The van der Waals surface area contributed by atoms with Crippen LogP contribution in [0.3, 0.4) is 0 Å². The Labute approximate surface area is 159 Å². The molecule has 1 heterocycles. The lowest BCUT2D eigenvalue weighted by Crippen LogP contribution is -2.37. The van der Waals surface area contributed by atoms with E-state index >= 15 is 0 Å². The van der Waals surface area contributed by atoms with Gasteiger partial charge in [-0.1, -0.05) is 36.4 Å². The van der Waals surface area contributed by atoms with Gasteiger partial charge in [0.25, 0.3) is 0 Å². The van der Waals surface area contributed by atoms with E-state index < -0.39 is 0 Å². The van der Waals surface area contributed by atoms with E-state index in [1.807, 2.05) is 65.5 Å². The van der Waals surface area contributed by atoms with Crippen LogP contribution in [0.4, 0.5) is 0 Å². The van der Waals surface area contributed by atoms with Gasteiger partial charge in [0.2, 0.25) is 0 Å². The van der Waals surface area contributed by atoms with Crippen molar-refractivity contribution in [2.24, 2.45) is 4.99 Å². The number of ether oxygens (including phenoxy) is 1. The summed E-state index contributed by atoms with van der Waals surface area (Å²) in [7, 11) is 1.77. The normalized spacial score (nSPS) is 11.2. The molecule has 0 amide bonds. The van der Waals surface area contributed by atoms with E-state index in [-0.39, 0.29) is 0 Å². The van der Waals surface area contributed by atoms with Crippen LogP contribution in [0.2, 0.25) is 0 Å². The highest BCUT2D eigenvalue weighted by Crippen LogP contribution is 2.24. The number of aromatic nitrogens is 2. The van der Waals surface area contributed by atoms with E-state index in [2.05, 4.69) is 26.8 Å². The molecule has 0 aliphatic rings. The standard InChI is InChI=1S/C21H25N5O/c1-22-21(23-13-7-15-26-16-8-14-25-26)24-17-18-9-5-6-12-20(18)27-19-10-3-2-4-11-19/h2-6,8-12,14,16H,7,13,15,17H2,1H3,(H2,22,23,24). The number of rotatable bonds is 8. The fourth-order valence-corrected chi connectivity index (χ4v) is 2.65. The molecule has 0 bridgehead atoms. The molecule has 140 valence electrons. The van der Waals surface area contributed by atoms with Crippen LogP contribution in [0.1, 0.15) is 12.0 Å². The van der Waals surface area contributed by atoms with Crippen molar-refractivity contribution in [3.05, 3.63) is 78.6 Å². The number of aliphatic imine (C=N–C) groups is 1. The summed E-state index contributed by atoms with van der Waals surface area (Å²) in [5.74, 6) is 2.43. The van der Waals surface area contributed by atoms with Crippen molar-refractivity contribution in [1.82, 2.24) is 20.4 Å².